The van der Waals surface area contributed by atoms with Gasteiger partial charge in [0, 0.05) is 12.6 Å². The van der Waals surface area contributed by atoms with Crippen molar-refractivity contribution in [3.8, 4) is 0 Å². The van der Waals surface area contributed by atoms with E-state index in [1.165, 1.54) is 19.4 Å². The minimum absolute atomic E-state index is 0.0898. The third-order valence-electron chi connectivity index (χ3n) is 2.21. The summed E-state index contributed by atoms with van der Waals surface area (Å²) in [5.41, 5.74) is 0.642. The third-order valence-corrected chi connectivity index (χ3v) is 2.21. The first-order valence-corrected chi connectivity index (χ1v) is 5.00. The molecule has 1 rings (SSSR count). The van der Waals surface area contributed by atoms with Gasteiger partial charge in [0.2, 0.25) is 0 Å². The molecule has 0 bridgehead atoms. The maximum atomic E-state index is 11.1. The molecule has 1 heterocycles. The molecule has 7 nitrogen and oxygen atoms in total. The molecular weight excluding hydrogens is 226 g/mol. The molecule has 92 valence electrons. The fraction of sp³-hybridized carbons (Fsp3) is 0.400. The molecule has 0 aliphatic heterocycles. The SMILES string of the molecule is CCN(CC(=O)OC)c1ccc([N+](=O)[O-])nc1. The van der Waals surface area contributed by atoms with Gasteiger partial charge in [-0.25, -0.2) is 0 Å². The summed E-state index contributed by atoms with van der Waals surface area (Å²) in [7, 11) is 1.31. The number of hydrogen-bond acceptors (Lipinski definition) is 6. The molecule has 0 amide bonds. The van der Waals surface area contributed by atoms with Crippen LogP contribution in [0.25, 0.3) is 0 Å². The molecule has 0 fully saturated rings. The number of pyridine rings is 1. The second-order valence-corrected chi connectivity index (χ2v) is 3.22. The maximum absolute atomic E-state index is 11.1. The Labute approximate surface area is 98.2 Å². The molecule has 0 spiro atoms. The van der Waals surface area contributed by atoms with E-state index in [-0.39, 0.29) is 18.3 Å². The summed E-state index contributed by atoms with van der Waals surface area (Å²) < 4.78 is 4.56. The van der Waals surface area contributed by atoms with E-state index in [2.05, 4.69) is 9.72 Å². The lowest BCUT2D eigenvalue weighted by Gasteiger charge is -2.19. The zero-order chi connectivity index (χ0) is 12.8. The van der Waals surface area contributed by atoms with E-state index in [1.807, 2.05) is 6.92 Å². The summed E-state index contributed by atoms with van der Waals surface area (Å²) in [4.78, 5) is 26.4. The smallest absolute Gasteiger partial charge is 0.363 e. The molecule has 0 saturated heterocycles. The number of esters is 1. The minimum atomic E-state index is -0.569. The zero-order valence-electron chi connectivity index (χ0n) is 9.62. The van der Waals surface area contributed by atoms with Crippen molar-refractivity contribution in [2.45, 2.75) is 6.92 Å². The Balaban J connectivity index is 2.82. The number of carbonyl (C=O) groups is 1. The number of methoxy groups -OCH3 is 1. The third kappa shape index (κ3) is 3.40. The molecule has 0 unspecified atom stereocenters. The van der Waals surface area contributed by atoms with Gasteiger partial charge in [0.1, 0.15) is 6.54 Å². The van der Waals surface area contributed by atoms with E-state index in [4.69, 9.17) is 0 Å². The number of anilines is 1. The lowest BCUT2D eigenvalue weighted by Crippen LogP contribution is -2.30. The molecular formula is C10H13N3O4. The van der Waals surface area contributed by atoms with Gasteiger partial charge in [-0.1, -0.05) is 0 Å². The highest BCUT2D eigenvalue weighted by molar-refractivity contribution is 5.75. The van der Waals surface area contributed by atoms with Gasteiger partial charge in [-0.2, -0.15) is 0 Å². The van der Waals surface area contributed by atoms with Crippen LogP contribution >= 0.6 is 0 Å². The number of ether oxygens (including phenoxy) is 1. The Bertz CT molecular complexity index is 405. The molecule has 0 aliphatic rings. The summed E-state index contributed by atoms with van der Waals surface area (Å²) >= 11 is 0. The summed E-state index contributed by atoms with van der Waals surface area (Å²) in [5.74, 6) is -0.590. The first kappa shape index (κ1) is 12.9. The van der Waals surface area contributed by atoms with Gasteiger partial charge >= 0.3 is 11.8 Å². The van der Waals surface area contributed by atoms with Crippen molar-refractivity contribution < 1.29 is 14.5 Å². The molecule has 1 aromatic rings. The molecule has 7 heteroatoms. The fourth-order valence-corrected chi connectivity index (χ4v) is 1.28. The molecule has 17 heavy (non-hydrogen) atoms. The van der Waals surface area contributed by atoms with Crippen LogP contribution in [-0.2, 0) is 9.53 Å². The number of carbonyl (C=O) groups excluding carboxylic acids is 1. The first-order valence-electron chi connectivity index (χ1n) is 5.00. The standard InChI is InChI=1S/C10H13N3O4/c1-3-12(7-10(14)17-2)8-4-5-9(11-6-8)13(15)16/h4-6H,3,7H2,1-2H3. The van der Waals surface area contributed by atoms with Gasteiger partial charge in [0.05, 0.1) is 12.8 Å². The highest BCUT2D eigenvalue weighted by atomic mass is 16.6. The molecule has 1 aromatic heterocycles. The molecule has 0 saturated carbocycles. The summed E-state index contributed by atoms with van der Waals surface area (Å²) in [6.07, 6.45) is 1.37. The molecule has 0 aliphatic carbocycles. The number of nitro groups is 1. The van der Waals surface area contributed by atoms with Crippen molar-refractivity contribution >= 4 is 17.5 Å². The van der Waals surface area contributed by atoms with Crippen molar-refractivity contribution in [1.82, 2.24) is 4.98 Å². The number of rotatable bonds is 5. The predicted octanol–water partition coefficient (Wildman–Crippen LogP) is 0.989. The van der Waals surface area contributed by atoms with E-state index in [0.717, 1.165) is 0 Å². The van der Waals surface area contributed by atoms with Crippen LogP contribution in [-0.4, -0.2) is 36.1 Å². The zero-order valence-corrected chi connectivity index (χ0v) is 9.62. The van der Waals surface area contributed by atoms with E-state index < -0.39 is 4.92 Å². The molecule has 0 N–H and O–H groups in total. The van der Waals surface area contributed by atoms with Crippen LogP contribution in [0.3, 0.4) is 0 Å². The van der Waals surface area contributed by atoms with Crippen LogP contribution in [0.15, 0.2) is 18.3 Å². The summed E-state index contributed by atoms with van der Waals surface area (Å²) in [5, 5.41) is 10.4. The van der Waals surface area contributed by atoms with Crippen LogP contribution in [0.5, 0.6) is 0 Å². The van der Waals surface area contributed by atoms with Crippen molar-refractivity contribution in [3.63, 3.8) is 0 Å². The van der Waals surface area contributed by atoms with E-state index >= 15 is 0 Å². The summed E-state index contributed by atoms with van der Waals surface area (Å²) in [6.45, 7) is 2.53. The Morgan fingerprint density at radius 2 is 2.29 bits per heavy atom. The number of nitrogens with zero attached hydrogens (tertiary/aromatic N) is 3. The van der Waals surface area contributed by atoms with Gasteiger partial charge in [0.25, 0.3) is 0 Å². The van der Waals surface area contributed by atoms with Gasteiger partial charge in [-0.3, -0.25) is 4.79 Å². The Hall–Kier alpha value is -2.18. The van der Waals surface area contributed by atoms with Crippen molar-refractivity contribution in [3.05, 3.63) is 28.4 Å². The number of aromatic nitrogens is 1. The normalized spacial score (nSPS) is 9.76. The minimum Gasteiger partial charge on any atom is -0.468 e. The quantitative estimate of drug-likeness (QED) is 0.432. The summed E-state index contributed by atoms with van der Waals surface area (Å²) in [6, 6.07) is 2.85. The van der Waals surface area contributed by atoms with E-state index in [1.54, 1.807) is 11.0 Å². The van der Waals surface area contributed by atoms with Crippen LogP contribution in [0.1, 0.15) is 6.92 Å². The molecule has 0 radical (unpaired) electrons. The largest absolute Gasteiger partial charge is 0.468 e. The van der Waals surface area contributed by atoms with E-state index in [9.17, 15) is 14.9 Å². The highest BCUT2D eigenvalue weighted by Gasteiger charge is 2.13. The van der Waals surface area contributed by atoms with Gasteiger partial charge < -0.3 is 19.8 Å². The van der Waals surface area contributed by atoms with Gasteiger partial charge in [-0.15, -0.1) is 0 Å². The Morgan fingerprint density at radius 1 is 1.59 bits per heavy atom. The maximum Gasteiger partial charge on any atom is 0.363 e. The van der Waals surface area contributed by atoms with E-state index in [0.29, 0.717) is 12.2 Å². The second-order valence-electron chi connectivity index (χ2n) is 3.22. The predicted molar refractivity (Wildman–Crippen MR) is 60.8 cm³/mol. The Morgan fingerprint density at radius 3 is 2.71 bits per heavy atom. The van der Waals surface area contributed by atoms with Crippen molar-refractivity contribution in [2.75, 3.05) is 25.1 Å². The topological polar surface area (TPSA) is 85.6 Å². The van der Waals surface area contributed by atoms with Gasteiger partial charge in [0.15, 0.2) is 6.20 Å². The molecule has 0 atom stereocenters. The molecule has 0 aromatic carbocycles. The average Bonchev–Trinajstić information content (AvgIpc) is 2.35. The average molecular weight is 239 g/mol. The highest BCUT2D eigenvalue weighted by Crippen LogP contribution is 2.15. The van der Waals surface area contributed by atoms with Crippen LogP contribution in [0.2, 0.25) is 0 Å². The van der Waals surface area contributed by atoms with Crippen LogP contribution < -0.4 is 4.90 Å². The number of hydrogen-bond donors (Lipinski definition) is 0. The van der Waals surface area contributed by atoms with Gasteiger partial charge in [-0.05, 0) is 22.9 Å². The van der Waals surface area contributed by atoms with Crippen molar-refractivity contribution in [1.29, 1.82) is 0 Å². The number of likely N-dealkylation sites (N-methyl/N-ethyl adjacent to an activating group) is 1. The lowest BCUT2D eigenvalue weighted by molar-refractivity contribution is -0.389. The van der Waals surface area contributed by atoms with Crippen LogP contribution in [0.4, 0.5) is 11.5 Å². The second kappa shape index (κ2) is 5.78. The van der Waals surface area contributed by atoms with Crippen molar-refractivity contribution in [2.24, 2.45) is 0 Å². The van der Waals surface area contributed by atoms with Crippen LogP contribution in [0, 0.1) is 10.1 Å². The Kier molecular flexibility index (Phi) is 4.38. The lowest BCUT2D eigenvalue weighted by atomic mass is 10.3. The monoisotopic (exact) mass is 239 g/mol. The fourth-order valence-electron chi connectivity index (χ4n) is 1.28. The first-order chi connectivity index (χ1) is 8.08.